The van der Waals surface area contributed by atoms with Crippen LogP contribution in [0.5, 0.6) is 0 Å². The molecule has 0 saturated carbocycles. The topological polar surface area (TPSA) is 105 Å². The van der Waals surface area contributed by atoms with Crippen LogP contribution in [0.2, 0.25) is 0 Å². The Hall–Kier alpha value is -3.35. The molecule has 0 heterocycles. The normalized spacial score (nSPS) is 13.5. The molecule has 7 nitrogen and oxygen atoms in total. The molecule has 2 aromatic rings. The number of alkyl carbamates (subject to hydrolysis) is 1. The Morgan fingerprint density at radius 3 is 2.00 bits per heavy atom. The lowest BCUT2D eigenvalue weighted by atomic mass is 9.81. The van der Waals surface area contributed by atoms with Gasteiger partial charge in [0, 0.05) is 12.5 Å². The molecule has 0 aromatic heterocycles. The first kappa shape index (κ1) is 24.3. The minimum atomic E-state index is -1.07. The number of aliphatic carboxylic acids is 1. The second kappa shape index (κ2) is 10.5. The van der Waals surface area contributed by atoms with Crippen molar-refractivity contribution in [3.8, 4) is 11.1 Å². The van der Waals surface area contributed by atoms with E-state index in [2.05, 4.69) is 34.9 Å². The fourth-order valence-electron chi connectivity index (χ4n) is 4.44. The number of benzene rings is 2. The van der Waals surface area contributed by atoms with Crippen LogP contribution in [0.4, 0.5) is 4.79 Å². The molecule has 0 fully saturated rings. The Kier molecular flexibility index (Phi) is 7.74. The molecule has 3 rings (SSSR count). The Labute approximate surface area is 194 Å². The highest BCUT2D eigenvalue weighted by Crippen LogP contribution is 2.44. The van der Waals surface area contributed by atoms with Crippen LogP contribution in [-0.2, 0) is 14.3 Å². The van der Waals surface area contributed by atoms with Crippen LogP contribution in [0.25, 0.3) is 11.1 Å². The van der Waals surface area contributed by atoms with Gasteiger partial charge in [-0.2, -0.15) is 0 Å². The van der Waals surface area contributed by atoms with E-state index in [1.807, 2.05) is 38.1 Å². The zero-order valence-electron chi connectivity index (χ0n) is 19.4. The van der Waals surface area contributed by atoms with Crippen molar-refractivity contribution in [2.24, 2.45) is 5.41 Å². The Morgan fingerprint density at radius 1 is 0.970 bits per heavy atom. The molecule has 1 aliphatic carbocycles. The van der Waals surface area contributed by atoms with Crippen molar-refractivity contribution < 1.29 is 24.2 Å². The lowest BCUT2D eigenvalue weighted by molar-refractivity contribution is -0.144. The van der Waals surface area contributed by atoms with Gasteiger partial charge in [-0.05, 0) is 41.5 Å². The molecule has 176 valence electrons. The smallest absolute Gasteiger partial charge is 0.407 e. The molecule has 0 aliphatic heterocycles. The summed E-state index contributed by atoms with van der Waals surface area (Å²) in [5.74, 6) is -1.49. The first-order valence-corrected chi connectivity index (χ1v) is 11.5. The maximum absolute atomic E-state index is 12.9. The molecule has 33 heavy (non-hydrogen) atoms. The van der Waals surface area contributed by atoms with Crippen LogP contribution < -0.4 is 10.6 Å². The number of carboxylic acid groups (broad SMARTS) is 1. The van der Waals surface area contributed by atoms with Crippen LogP contribution in [0.3, 0.4) is 0 Å². The third-order valence-electron chi connectivity index (χ3n) is 6.76. The van der Waals surface area contributed by atoms with E-state index >= 15 is 0 Å². The zero-order valence-corrected chi connectivity index (χ0v) is 19.4. The van der Waals surface area contributed by atoms with Gasteiger partial charge in [0.1, 0.15) is 12.6 Å². The van der Waals surface area contributed by atoms with Crippen LogP contribution in [0.15, 0.2) is 48.5 Å². The van der Waals surface area contributed by atoms with Crippen LogP contribution in [-0.4, -0.2) is 42.3 Å². The lowest BCUT2D eigenvalue weighted by Crippen LogP contribution is -2.52. The predicted molar refractivity (Wildman–Crippen MR) is 126 cm³/mol. The average molecular weight is 453 g/mol. The maximum Gasteiger partial charge on any atom is 0.407 e. The van der Waals surface area contributed by atoms with Crippen LogP contribution in [0, 0.1) is 5.41 Å². The summed E-state index contributed by atoms with van der Waals surface area (Å²) in [6.07, 6.45) is 0.593. The quantitative estimate of drug-likeness (QED) is 0.498. The summed E-state index contributed by atoms with van der Waals surface area (Å²) in [4.78, 5) is 36.8. The maximum atomic E-state index is 12.9. The summed E-state index contributed by atoms with van der Waals surface area (Å²) in [5.41, 5.74) is 3.65. The van der Waals surface area contributed by atoms with Gasteiger partial charge in [0.25, 0.3) is 0 Å². The fraction of sp³-hybridized carbons (Fsp3) is 0.423. The fourth-order valence-corrected chi connectivity index (χ4v) is 4.44. The molecular formula is C26H32N2O5. The van der Waals surface area contributed by atoms with Crippen LogP contribution in [0.1, 0.15) is 57.1 Å². The summed E-state index contributed by atoms with van der Waals surface area (Å²) in [5, 5.41) is 14.6. The van der Waals surface area contributed by atoms with E-state index in [4.69, 9.17) is 4.74 Å². The molecule has 3 N–H and O–H groups in total. The highest BCUT2D eigenvalue weighted by Gasteiger charge is 2.37. The SMILES string of the molecule is CC[C@@H](NC(=O)C(CC)(CC)CNC(=O)OCC1c2ccccc2-c2ccccc21)C(=O)O. The number of hydrogen-bond acceptors (Lipinski definition) is 4. The second-order valence-electron chi connectivity index (χ2n) is 8.44. The van der Waals surface area contributed by atoms with Crippen molar-refractivity contribution in [2.45, 2.75) is 52.0 Å². The Balaban J connectivity index is 1.63. The summed E-state index contributed by atoms with van der Waals surface area (Å²) in [7, 11) is 0. The van der Waals surface area contributed by atoms with Crippen molar-refractivity contribution in [2.75, 3.05) is 13.2 Å². The van der Waals surface area contributed by atoms with E-state index in [9.17, 15) is 19.5 Å². The molecule has 7 heteroatoms. The number of hydrogen-bond donors (Lipinski definition) is 3. The number of amides is 2. The number of rotatable bonds is 10. The van der Waals surface area contributed by atoms with Gasteiger partial charge >= 0.3 is 12.1 Å². The van der Waals surface area contributed by atoms with E-state index in [-0.39, 0.29) is 31.4 Å². The number of ether oxygens (including phenoxy) is 1. The van der Waals surface area contributed by atoms with Gasteiger partial charge in [-0.15, -0.1) is 0 Å². The zero-order chi connectivity index (χ0) is 24.0. The van der Waals surface area contributed by atoms with E-state index < -0.39 is 23.5 Å². The molecule has 2 amide bonds. The number of nitrogens with one attached hydrogen (secondary N) is 2. The number of carboxylic acids is 1. The molecule has 2 aromatic carbocycles. The lowest BCUT2D eigenvalue weighted by Gasteiger charge is -2.31. The van der Waals surface area contributed by atoms with Crippen molar-refractivity contribution in [3.63, 3.8) is 0 Å². The van der Waals surface area contributed by atoms with E-state index in [0.717, 1.165) is 22.3 Å². The van der Waals surface area contributed by atoms with Crippen molar-refractivity contribution >= 4 is 18.0 Å². The number of fused-ring (bicyclic) bond motifs is 3. The van der Waals surface area contributed by atoms with Gasteiger partial charge in [0.05, 0.1) is 5.41 Å². The third-order valence-corrected chi connectivity index (χ3v) is 6.76. The summed E-state index contributed by atoms with van der Waals surface area (Å²) in [6.45, 7) is 5.66. The largest absolute Gasteiger partial charge is 0.480 e. The van der Waals surface area contributed by atoms with Crippen molar-refractivity contribution in [1.29, 1.82) is 0 Å². The second-order valence-corrected chi connectivity index (χ2v) is 8.44. The van der Waals surface area contributed by atoms with E-state index in [1.54, 1.807) is 6.92 Å². The summed E-state index contributed by atoms with van der Waals surface area (Å²) < 4.78 is 5.57. The third kappa shape index (κ3) is 5.02. The molecule has 0 unspecified atom stereocenters. The van der Waals surface area contributed by atoms with E-state index in [0.29, 0.717) is 12.8 Å². The van der Waals surface area contributed by atoms with E-state index in [1.165, 1.54) is 0 Å². The van der Waals surface area contributed by atoms with Gasteiger partial charge in [-0.25, -0.2) is 9.59 Å². The van der Waals surface area contributed by atoms with Crippen molar-refractivity contribution in [3.05, 3.63) is 59.7 Å². The standard InChI is InChI=1S/C26H32N2O5/c1-4-22(23(29)30)28-24(31)26(5-2,6-3)16-27-25(32)33-15-21-19-13-9-7-11-17(19)18-12-8-10-14-20(18)21/h7-14,21-22H,4-6,15-16H2,1-3H3,(H,27,32)(H,28,31)(H,29,30)/t22-/m1/s1. The van der Waals surface area contributed by atoms with Gasteiger partial charge < -0.3 is 20.5 Å². The Bertz CT molecular complexity index is 970. The van der Waals surface area contributed by atoms with Gasteiger partial charge in [0.15, 0.2) is 0 Å². The van der Waals surface area contributed by atoms with Crippen LogP contribution >= 0.6 is 0 Å². The summed E-state index contributed by atoms with van der Waals surface area (Å²) in [6, 6.07) is 15.3. The number of carbonyl (C=O) groups excluding carboxylic acids is 2. The van der Waals surface area contributed by atoms with Crippen molar-refractivity contribution in [1.82, 2.24) is 10.6 Å². The average Bonchev–Trinajstić information content (AvgIpc) is 3.15. The first-order valence-electron chi connectivity index (χ1n) is 11.5. The molecular weight excluding hydrogens is 420 g/mol. The molecule has 0 saturated heterocycles. The number of carbonyl (C=O) groups is 3. The molecule has 0 spiro atoms. The monoisotopic (exact) mass is 452 g/mol. The minimum Gasteiger partial charge on any atom is -0.480 e. The van der Waals surface area contributed by atoms with Gasteiger partial charge in [-0.1, -0.05) is 69.3 Å². The minimum absolute atomic E-state index is 0.0468. The highest BCUT2D eigenvalue weighted by molar-refractivity contribution is 5.88. The highest BCUT2D eigenvalue weighted by atomic mass is 16.5. The summed E-state index contributed by atoms with van der Waals surface area (Å²) >= 11 is 0. The molecule has 0 bridgehead atoms. The molecule has 0 radical (unpaired) electrons. The Morgan fingerprint density at radius 2 is 1.52 bits per heavy atom. The van der Waals surface area contributed by atoms with Gasteiger partial charge in [-0.3, -0.25) is 4.79 Å². The molecule has 1 atom stereocenters. The van der Waals surface area contributed by atoms with Gasteiger partial charge in [0.2, 0.25) is 5.91 Å². The predicted octanol–water partition coefficient (Wildman–Crippen LogP) is 4.31. The first-order chi connectivity index (χ1) is 15.9. The molecule has 1 aliphatic rings.